The molecule has 0 aromatic heterocycles. The molecular weight excluding hydrogens is 150 g/mol. The lowest BCUT2D eigenvalue weighted by molar-refractivity contribution is 0.133. The molecule has 0 aliphatic rings. The predicted octanol–water partition coefficient (Wildman–Crippen LogP) is 1.90. The van der Waals surface area contributed by atoms with Crippen LogP contribution < -0.4 is 5.48 Å². The first-order valence-electron chi connectivity index (χ1n) is 4.17. The third kappa shape index (κ3) is 2.64. The summed E-state index contributed by atoms with van der Waals surface area (Å²) in [6.07, 6.45) is 0.858. The van der Waals surface area contributed by atoms with E-state index in [1.165, 1.54) is 11.1 Å². The summed E-state index contributed by atoms with van der Waals surface area (Å²) in [4.78, 5) is 0. The third-order valence-corrected chi connectivity index (χ3v) is 1.88. The average Bonchev–Trinajstić information content (AvgIpc) is 2.09. The van der Waals surface area contributed by atoms with E-state index in [9.17, 15) is 0 Å². The van der Waals surface area contributed by atoms with E-state index in [-0.39, 0.29) is 6.04 Å². The molecule has 0 heterocycles. The molecule has 0 bridgehead atoms. The maximum Gasteiger partial charge on any atom is 0.0331 e. The fourth-order valence-electron chi connectivity index (χ4n) is 1.12. The number of hydrogen-bond acceptors (Lipinski definition) is 2. The lowest BCUT2D eigenvalue weighted by Gasteiger charge is -2.08. The molecule has 66 valence electrons. The maximum absolute atomic E-state index is 8.60. The van der Waals surface area contributed by atoms with Crippen LogP contribution in [0.1, 0.15) is 18.1 Å². The zero-order valence-electron chi connectivity index (χ0n) is 7.54. The second-order valence-electron chi connectivity index (χ2n) is 3.22. The van der Waals surface area contributed by atoms with Crippen molar-refractivity contribution >= 4 is 0 Å². The molecule has 2 heteroatoms. The summed E-state index contributed by atoms with van der Waals surface area (Å²) in [5.74, 6) is 0. The SMILES string of the molecule is Cc1ccc(CC(C)NO)cc1. The van der Waals surface area contributed by atoms with Gasteiger partial charge < -0.3 is 5.21 Å². The number of nitrogens with one attached hydrogen (secondary N) is 1. The van der Waals surface area contributed by atoms with Crippen molar-refractivity contribution < 1.29 is 5.21 Å². The van der Waals surface area contributed by atoms with Gasteiger partial charge in [-0.2, -0.15) is 0 Å². The van der Waals surface area contributed by atoms with Crippen LogP contribution in [0, 0.1) is 6.92 Å². The number of hydroxylamine groups is 1. The molecule has 0 amide bonds. The quantitative estimate of drug-likeness (QED) is 0.670. The van der Waals surface area contributed by atoms with E-state index in [0.717, 1.165) is 6.42 Å². The minimum Gasteiger partial charge on any atom is -0.317 e. The van der Waals surface area contributed by atoms with Gasteiger partial charge >= 0.3 is 0 Å². The van der Waals surface area contributed by atoms with Crippen molar-refractivity contribution in [2.45, 2.75) is 26.3 Å². The zero-order chi connectivity index (χ0) is 8.97. The highest BCUT2D eigenvalue weighted by Crippen LogP contribution is 2.05. The summed E-state index contributed by atoms with van der Waals surface area (Å²) in [7, 11) is 0. The molecule has 0 saturated heterocycles. The van der Waals surface area contributed by atoms with Gasteiger partial charge in [-0.1, -0.05) is 29.8 Å². The highest BCUT2D eigenvalue weighted by Gasteiger charge is 1.99. The summed E-state index contributed by atoms with van der Waals surface area (Å²) in [6, 6.07) is 8.46. The van der Waals surface area contributed by atoms with E-state index >= 15 is 0 Å². The largest absolute Gasteiger partial charge is 0.317 e. The van der Waals surface area contributed by atoms with Crippen molar-refractivity contribution in [1.29, 1.82) is 0 Å². The first-order valence-corrected chi connectivity index (χ1v) is 4.17. The molecule has 2 N–H and O–H groups in total. The summed E-state index contributed by atoms with van der Waals surface area (Å²) >= 11 is 0. The Balaban J connectivity index is 2.58. The highest BCUT2D eigenvalue weighted by atomic mass is 16.5. The lowest BCUT2D eigenvalue weighted by Crippen LogP contribution is -2.24. The van der Waals surface area contributed by atoms with Crippen molar-refractivity contribution in [2.75, 3.05) is 0 Å². The van der Waals surface area contributed by atoms with Crippen molar-refractivity contribution in [2.24, 2.45) is 0 Å². The van der Waals surface area contributed by atoms with Crippen LogP contribution in [0.2, 0.25) is 0 Å². The van der Waals surface area contributed by atoms with Gasteiger partial charge in [-0.15, -0.1) is 0 Å². The summed E-state index contributed by atoms with van der Waals surface area (Å²) in [6.45, 7) is 4.01. The minimum absolute atomic E-state index is 0.118. The molecule has 1 aromatic carbocycles. The van der Waals surface area contributed by atoms with Crippen LogP contribution in [0.25, 0.3) is 0 Å². The van der Waals surface area contributed by atoms with Gasteiger partial charge in [-0.05, 0) is 25.8 Å². The van der Waals surface area contributed by atoms with Crippen molar-refractivity contribution in [3.8, 4) is 0 Å². The zero-order valence-corrected chi connectivity index (χ0v) is 7.54. The minimum atomic E-state index is 0.118. The topological polar surface area (TPSA) is 32.3 Å². The van der Waals surface area contributed by atoms with Gasteiger partial charge in [-0.3, -0.25) is 0 Å². The van der Waals surface area contributed by atoms with Crippen molar-refractivity contribution in [3.05, 3.63) is 35.4 Å². The third-order valence-electron chi connectivity index (χ3n) is 1.88. The van der Waals surface area contributed by atoms with Crippen LogP contribution >= 0.6 is 0 Å². The average molecular weight is 165 g/mol. The number of aryl methyl sites for hydroxylation is 1. The molecule has 0 aliphatic carbocycles. The van der Waals surface area contributed by atoms with Crippen molar-refractivity contribution in [1.82, 2.24) is 5.48 Å². The van der Waals surface area contributed by atoms with Gasteiger partial charge in [0.2, 0.25) is 0 Å². The van der Waals surface area contributed by atoms with Gasteiger partial charge in [-0.25, -0.2) is 5.48 Å². The lowest BCUT2D eigenvalue weighted by atomic mass is 10.1. The van der Waals surface area contributed by atoms with E-state index in [0.29, 0.717) is 0 Å². The van der Waals surface area contributed by atoms with Gasteiger partial charge in [0.05, 0.1) is 0 Å². The van der Waals surface area contributed by atoms with Gasteiger partial charge in [0.15, 0.2) is 0 Å². The molecule has 0 spiro atoms. The Bertz CT molecular complexity index is 230. The van der Waals surface area contributed by atoms with Crippen LogP contribution in [0.5, 0.6) is 0 Å². The fourth-order valence-corrected chi connectivity index (χ4v) is 1.12. The molecule has 0 aliphatic heterocycles. The van der Waals surface area contributed by atoms with E-state index in [2.05, 4.69) is 36.7 Å². The number of benzene rings is 1. The Hall–Kier alpha value is -0.860. The van der Waals surface area contributed by atoms with Gasteiger partial charge in [0.25, 0.3) is 0 Å². The van der Waals surface area contributed by atoms with Crippen LogP contribution in [0.3, 0.4) is 0 Å². The molecule has 12 heavy (non-hydrogen) atoms. The molecule has 1 rings (SSSR count). The second-order valence-corrected chi connectivity index (χ2v) is 3.22. The fraction of sp³-hybridized carbons (Fsp3) is 0.400. The first-order chi connectivity index (χ1) is 5.72. The summed E-state index contributed by atoms with van der Waals surface area (Å²) in [5, 5.41) is 8.60. The monoisotopic (exact) mass is 165 g/mol. The maximum atomic E-state index is 8.60. The Labute approximate surface area is 73.2 Å². The standard InChI is InChI=1S/C10H15NO/c1-8-3-5-10(6-4-8)7-9(2)11-12/h3-6,9,11-12H,7H2,1-2H3. The smallest absolute Gasteiger partial charge is 0.0331 e. The normalized spacial score (nSPS) is 12.9. The highest BCUT2D eigenvalue weighted by molar-refractivity contribution is 5.21. The molecule has 1 aromatic rings. The Morgan fingerprint density at radius 3 is 2.42 bits per heavy atom. The van der Waals surface area contributed by atoms with Crippen LogP contribution in [-0.4, -0.2) is 11.2 Å². The van der Waals surface area contributed by atoms with E-state index in [1.54, 1.807) is 0 Å². The predicted molar refractivity (Wildman–Crippen MR) is 49.3 cm³/mol. The molecule has 0 saturated carbocycles. The number of hydrogen-bond donors (Lipinski definition) is 2. The number of rotatable bonds is 3. The van der Waals surface area contributed by atoms with Crippen LogP contribution in [0.4, 0.5) is 0 Å². The molecular formula is C10H15NO. The molecule has 0 fully saturated rings. The Kier molecular flexibility index (Phi) is 3.26. The second kappa shape index (κ2) is 4.24. The van der Waals surface area contributed by atoms with E-state index in [1.807, 2.05) is 6.92 Å². The molecule has 1 atom stereocenters. The van der Waals surface area contributed by atoms with Crippen LogP contribution in [0.15, 0.2) is 24.3 Å². The summed E-state index contributed by atoms with van der Waals surface area (Å²) in [5.41, 5.74) is 4.74. The van der Waals surface area contributed by atoms with Crippen LogP contribution in [-0.2, 0) is 6.42 Å². The van der Waals surface area contributed by atoms with Gasteiger partial charge in [0.1, 0.15) is 0 Å². The summed E-state index contributed by atoms with van der Waals surface area (Å²) < 4.78 is 0. The van der Waals surface area contributed by atoms with E-state index < -0.39 is 0 Å². The van der Waals surface area contributed by atoms with E-state index in [4.69, 9.17) is 5.21 Å². The molecule has 2 nitrogen and oxygen atoms in total. The Morgan fingerprint density at radius 2 is 1.92 bits per heavy atom. The van der Waals surface area contributed by atoms with Crippen molar-refractivity contribution in [3.63, 3.8) is 0 Å². The molecule has 0 radical (unpaired) electrons. The van der Waals surface area contributed by atoms with Gasteiger partial charge in [0, 0.05) is 6.04 Å². The molecule has 1 unspecified atom stereocenters. The first kappa shape index (κ1) is 9.23. The Morgan fingerprint density at radius 1 is 1.33 bits per heavy atom.